The van der Waals surface area contributed by atoms with Crippen molar-refractivity contribution in [2.45, 2.75) is 38.3 Å². The summed E-state index contributed by atoms with van der Waals surface area (Å²) in [6.45, 7) is 5.91. The largest absolute Gasteiger partial charge is 0.366 e. The number of pyridine rings is 1. The van der Waals surface area contributed by atoms with Crippen molar-refractivity contribution in [3.8, 4) is 11.5 Å². The van der Waals surface area contributed by atoms with Crippen LogP contribution in [0.2, 0.25) is 0 Å². The van der Waals surface area contributed by atoms with Crippen LogP contribution in [0.4, 0.5) is 5.82 Å². The Morgan fingerprint density at radius 2 is 1.86 bits per heavy atom. The lowest BCUT2D eigenvalue weighted by atomic mass is 10.2. The molecule has 28 heavy (non-hydrogen) atoms. The monoisotopic (exact) mass is 397 g/mol. The van der Waals surface area contributed by atoms with E-state index in [4.69, 9.17) is 0 Å². The van der Waals surface area contributed by atoms with E-state index < -0.39 is 10.0 Å². The zero-order valence-corrected chi connectivity index (χ0v) is 16.9. The summed E-state index contributed by atoms with van der Waals surface area (Å²) in [6.07, 6.45) is 1.70. The summed E-state index contributed by atoms with van der Waals surface area (Å²) in [5, 5.41) is 3.24. The van der Waals surface area contributed by atoms with Crippen molar-refractivity contribution in [3.63, 3.8) is 0 Å². The highest BCUT2D eigenvalue weighted by atomic mass is 32.2. The molecule has 2 heterocycles. The third-order valence-electron chi connectivity index (χ3n) is 3.82. The van der Waals surface area contributed by atoms with Gasteiger partial charge >= 0.3 is 0 Å². The van der Waals surface area contributed by atoms with E-state index >= 15 is 0 Å². The first-order chi connectivity index (χ1) is 13.3. The number of rotatable bonds is 7. The third kappa shape index (κ3) is 5.11. The van der Waals surface area contributed by atoms with Gasteiger partial charge in [-0.05, 0) is 50.6 Å². The quantitative estimate of drug-likeness (QED) is 0.636. The normalized spacial score (nSPS) is 11.6. The molecule has 2 N–H and O–H groups in total. The second-order valence-electron chi connectivity index (χ2n) is 6.71. The average Bonchev–Trinajstić information content (AvgIpc) is 2.66. The Hall–Kier alpha value is -2.84. The molecule has 0 aliphatic heterocycles. The van der Waals surface area contributed by atoms with Crippen LogP contribution in [0.1, 0.15) is 25.1 Å². The Balaban J connectivity index is 1.78. The Bertz CT molecular complexity index is 1050. The standard InChI is InChI=1S/C20H23N5O2S/c1-14(2)25-28(26,27)17-8-6-7-16(12-17)13-22-19-11-15(3)23-20(24-19)18-9-4-5-10-21-18/h4-12,14,25H,13H2,1-3H3,(H,22,23,24). The fourth-order valence-corrected chi connectivity index (χ4v) is 3.98. The lowest BCUT2D eigenvalue weighted by Gasteiger charge is -2.12. The van der Waals surface area contributed by atoms with Gasteiger partial charge in [-0.25, -0.2) is 23.1 Å². The van der Waals surface area contributed by atoms with E-state index in [2.05, 4.69) is 25.0 Å². The van der Waals surface area contributed by atoms with Gasteiger partial charge in [0.05, 0.1) is 4.90 Å². The molecular formula is C20H23N5O2S. The highest BCUT2D eigenvalue weighted by Crippen LogP contribution is 2.17. The van der Waals surface area contributed by atoms with Gasteiger partial charge in [0.2, 0.25) is 10.0 Å². The fourth-order valence-electron chi connectivity index (χ4n) is 2.66. The van der Waals surface area contributed by atoms with Crippen molar-refractivity contribution in [2.75, 3.05) is 5.32 Å². The van der Waals surface area contributed by atoms with E-state index in [1.165, 1.54) is 0 Å². The predicted octanol–water partition coefficient (Wildman–Crippen LogP) is 3.15. The molecule has 146 valence electrons. The molecule has 8 heteroatoms. The van der Waals surface area contributed by atoms with Crippen LogP contribution in [0.25, 0.3) is 11.5 Å². The van der Waals surface area contributed by atoms with E-state index in [0.717, 1.165) is 11.3 Å². The van der Waals surface area contributed by atoms with Crippen LogP contribution in [0.15, 0.2) is 59.6 Å². The van der Waals surface area contributed by atoms with Crippen LogP contribution >= 0.6 is 0 Å². The van der Waals surface area contributed by atoms with Gasteiger partial charge in [-0.1, -0.05) is 18.2 Å². The fraction of sp³-hybridized carbons (Fsp3) is 0.250. The minimum Gasteiger partial charge on any atom is -0.366 e. The number of sulfonamides is 1. The minimum absolute atomic E-state index is 0.166. The molecule has 2 aromatic heterocycles. The van der Waals surface area contributed by atoms with Crippen molar-refractivity contribution < 1.29 is 8.42 Å². The highest BCUT2D eigenvalue weighted by Gasteiger charge is 2.15. The minimum atomic E-state index is -3.53. The third-order valence-corrected chi connectivity index (χ3v) is 5.48. The summed E-state index contributed by atoms with van der Waals surface area (Å²) in [7, 11) is -3.53. The summed E-state index contributed by atoms with van der Waals surface area (Å²) in [6, 6.07) is 14.1. The van der Waals surface area contributed by atoms with Gasteiger partial charge in [-0.3, -0.25) is 4.98 Å². The molecule has 0 aliphatic carbocycles. The Labute approximate surface area is 165 Å². The number of aryl methyl sites for hydroxylation is 1. The number of benzene rings is 1. The summed E-state index contributed by atoms with van der Waals surface area (Å²) < 4.78 is 27.3. The van der Waals surface area contributed by atoms with Gasteiger partial charge in [0.15, 0.2) is 5.82 Å². The molecule has 0 saturated carbocycles. The number of nitrogens with zero attached hydrogens (tertiary/aromatic N) is 3. The van der Waals surface area contributed by atoms with Crippen LogP contribution in [0.5, 0.6) is 0 Å². The average molecular weight is 398 g/mol. The molecule has 0 radical (unpaired) electrons. The van der Waals surface area contributed by atoms with Gasteiger partial charge in [0.25, 0.3) is 0 Å². The number of nitrogens with one attached hydrogen (secondary N) is 2. The molecule has 7 nitrogen and oxygen atoms in total. The Morgan fingerprint density at radius 1 is 1.04 bits per heavy atom. The summed E-state index contributed by atoms with van der Waals surface area (Å²) in [5.74, 6) is 1.20. The van der Waals surface area contributed by atoms with Crippen LogP contribution in [-0.2, 0) is 16.6 Å². The van der Waals surface area contributed by atoms with Crippen LogP contribution in [-0.4, -0.2) is 29.4 Å². The molecule has 0 bridgehead atoms. The predicted molar refractivity (Wildman–Crippen MR) is 109 cm³/mol. The lowest BCUT2D eigenvalue weighted by molar-refractivity contribution is 0.569. The molecule has 3 aromatic rings. The maximum Gasteiger partial charge on any atom is 0.240 e. The number of hydrogen-bond acceptors (Lipinski definition) is 6. The highest BCUT2D eigenvalue weighted by molar-refractivity contribution is 7.89. The second-order valence-corrected chi connectivity index (χ2v) is 8.42. The first kappa shape index (κ1) is 19.9. The van der Waals surface area contributed by atoms with Crippen LogP contribution in [0, 0.1) is 6.92 Å². The zero-order chi connectivity index (χ0) is 20.1. The van der Waals surface area contributed by atoms with Crippen molar-refractivity contribution in [1.82, 2.24) is 19.7 Å². The molecule has 0 fully saturated rings. The molecule has 0 saturated heterocycles. The van der Waals surface area contributed by atoms with Gasteiger partial charge in [-0.15, -0.1) is 0 Å². The van der Waals surface area contributed by atoms with Crippen molar-refractivity contribution in [1.29, 1.82) is 0 Å². The molecule has 3 rings (SSSR count). The lowest BCUT2D eigenvalue weighted by Crippen LogP contribution is -2.30. The van der Waals surface area contributed by atoms with Gasteiger partial charge in [0, 0.05) is 30.5 Å². The Morgan fingerprint density at radius 3 is 2.57 bits per heavy atom. The van der Waals surface area contributed by atoms with E-state index in [1.807, 2.05) is 37.3 Å². The molecule has 0 amide bonds. The molecule has 0 spiro atoms. The number of aromatic nitrogens is 3. The Kier molecular flexibility index (Phi) is 6.01. The van der Waals surface area contributed by atoms with Crippen LogP contribution in [0.3, 0.4) is 0 Å². The maximum absolute atomic E-state index is 12.4. The van der Waals surface area contributed by atoms with Gasteiger partial charge in [0.1, 0.15) is 11.5 Å². The maximum atomic E-state index is 12.4. The first-order valence-corrected chi connectivity index (χ1v) is 10.4. The topological polar surface area (TPSA) is 96.9 Å². The smallest absolute Gasteiger partial charge is 0.240 e. The number of hydrogen-bond donors (Lipinski definition) is 2. The summed E-state index contributed by atoms with van der Waals surface area (Å²) >= 11 is 0. The van der Waals surface area contributed by atoms with E-state index in [0.29, 0.717) is 23.9 Å². The summed E-state index contributed by atoms with van der Waals surface area (Å²) in [5.41, 5.74) is 2.35. The SMILES string of the molecule is Cc1cc(NCc2cccc(S(=O)(=O)NC(C)C)c2)nc(-c2ccccn2)n1. The summed E-state index contributed by atoms with van der Waals surface area (Å²) in [4.78, 5) is 13.5. The van der Waals surface area contributed by atoms with E-state index in [9.17, 15) is 8.42 Å². The van der Waals surface area contributed by atoms with E-state index in [1.54, 1.807) is 38.2 Å². The number of anilines is 1. The van der Waals surface area contributed by atoms with E-state index in [-0.39, 0.29) is 10.9 Å². The van der Waals surface area contributed by atoms with Crippen molar-refractivity contribution in [3.05, 3.63) is 66.0 Å². The second kappa shape index (κ2) is 8.45. The molecular weight excluding hydrogens is 374 g/mol. The first-order valence-electron chi connectivity index (χ1n) is 8.96. The van der Waals surface area contributed by atoms with Gasteiger partial charge in [-0.2, -0.15) is 0 Å². The zero-order valence-electron chi connectivity index (χ0n) is 16.0. The van der Waals surface area contributed by atoms with Crippen LogP contribution < -0.4 is 10.0 Å². The molecule has 0 unspecified atom stereocenters. The van der Waals surface area contributed by atoms with Crippen molar-refractivity contribution in [2.24, 2.45) is 0 Å². The van der Waals surface area contributed by atoms with Crippen molar-refractivity contribution >= 4 is 15.8 Å². The van der Waals surface area contributed by atoms with Gasteiger partial charge < -0.3 is 5.32 Å². The molecule has 0 atom stereocenters. The molecule has 0 aliphatic rings. The molecule has 1 aromatic carbocycles.